The molecule has 0 bridgehead atoms. The van der Waals surface area contributed by atoms with Crippen molar-refractivity contribution >= 4 is 28.1 Å². The van der Waals surface area contributed by atoms with E-state index in [0.29, 0.717) is 27.5 Å². The Labute approximate surface area is 169 Å². The zero-order chi connectivity index (χ0) is 20.4. The molecule has 1 amide bonds. The number of rotatable bonds is 5. The van der Waals surface area contributed by atoms with E-state index in [-0.39, 0.29) is 11.6 Å². The number of carbonyl (C=O) groups is 1. The van der Waals surface area contributed by atoms with Crippen LogP contribution < -0.4 is 5.32 Å². The van der Waals surface area contributed by atoms with Gasteiger partial charge in [0, 0.05) is 40.5 Å². The zero-order valence-corrected chi connectivity index (χ0v) is 16.1. The average Bonchev–Trinajstić information content (AvgIpc) is 3.40. The van der Waals surface area contributed by atoms with Crippen molar-refractivity contribution in [3.8, 4) is 16.9 Å². The number of anilines is 1. The molecule has 0 aliphatic carbocycles. The molecule has 0 radical (unpaired) electrons. The van der Waals surface area contributed by atoms with Crippen LogP contribution in [-0.4, -0.2) is 25.6 Å². The van der Waals surface area contributed by atoms with Gasteiger partial charge in [0.25, 0.3) is 11.6 Å². The number of nitrogens with one attached hydrogen (secondary N) is 1. The lowest BCUT2D eigenvalue weighted by Gasteiger charge is -2.04. The van der Waals surface area contributed by atoms with Gasteiger partial charge in [0.15, 0.2) is 5.13 Å². The number of nitrogens with zero attached hydrogens (tertiary/aromatic N) is 4. The maximum Gasteiger partial charge on any atom is 0.272 e. The summed E-state index contributed by atoms with van der Waals surface area (Å²) in [5.74, 6) is -0.284. The number of aryl methyl sites for hydroxylation is 1. The average molecular weight is 405 g/mol. The number of aromatic nitrogens is 3. The van der Waals surface area contributed by atoms with E-state index in [1.54, 1.807) is 59.6 Å². The highest BCUT2D eigenvalue weighted by Crippen LogP contribution is 2.29. The van der Waals surface area contributed by atoms with Crippen LogP contribution in [0.5, 0.6) is 0 Å². The van der Waals surface area contributed by atoms with Gasteiger partial charge >= 0.3 is 0 Å². The Morgan fingerprint density at radius 3 is 2.69 bits per heavy atom. The number of hydrogen-bond acceptors (Lipinski definition) is 6. The third kappa shape index (κ3) is 3.90. The van der Waals surface area contributed by atoms with Crippen molar-refractivity contribution in [3.63, 3.8) is 0 Å². The maximum absolute atomic E-state index is 12.5. The van der Waals surface area contributed by atoms with Gasteiger partial charge in [0.05, 0.1) is 16.3 Å². The first kappa shape index (κ1) is 18.5. The van der Waals surface area contributed by atoms with Gasteiger partial charge in [0.2, 0.25) is 0 Å². The molecule has 0 saturated heterocycles. The molecular weight excluding hydrogens is 390 g/mol. The molecule has 0 aliphatic rings. The van der Waals surface area contributed by atoms with Crippen molar-refractivity contribution in [2.45, 2.75) is 6.92 Å². The monoisotopic (exact) mass is 405 g/mol. The number of hydrogen-bond donors (Lipinski definition) is 1. The fourth-order valence-electron chi connectivity index (χ4n) is 2.79. The van der Waals surface area contributed by atoms with E-state index in [9.17, 15) is 14.9 Å². The van der Waals surface area contributed by atoms with Gasteiger partial charge in [-0.1, -0.05) is 12.1 Å². The summed E-state index contributed by atoms with van der Waals surface area (Å²) in [5, 5.41) is 20.2. The summed E-state index contributed by atoms with van der Waals surface area (Å²) in [5.41, 5.74) is 3.16. The minimum absolute atomic E-state index is 0.0401. The highest BCUT2D eigenvalue weighted by atomic mass is 32.1. The van der Waals surface area contributed by atoms with Gasteiger partial charge in [0.1, 0.15) is 0 Å². The standard InChI is InChI=1S/C20H15N5O3S/c1-13-3-4-15(11-18(13)25(27)28)17-12-29-20(22-17)23-19(26)14-5-7-16(8-6-14)24-10-2-9-21-24/h2-12H,1H3,(H,22,23,26). The lowest BCUT2D eigenvalue weighted by molar-refractivity contribution is -0.385. The van der Waals surface area contributed by atoms with Crippen LogP contribution in [0.1, 0.15) is 15.9 Å². The smallest absolute Gasteiger partial charge is 0.272 e. The van der Waals surface area contributed by atoms with E-state index in [1.807, 2.05) is 12.3 Å². The Morgan fingerprint density at radius 2 is 2.00 bits per heavy atom. The van der Waals surface area contributed by atoms with Crippen molar-refractivity contribution in [2.75, 3.05) is 5.32 Å². The van der Waals surface area contributed by atoms with Crippen LogP contribution in [0.15, 0.2) is 66.3 Å². The number of nitro groups is 1. The Kier molecular flexibility index (Phi) is 4.88. The molecule has 0 aliphatic heterocycles. The molecule has 9 heteroatoms. The molecular formula is C20H15N5O3S. The lowest BCUT2D eigenvalue weighted by atomic mass is 10.1. The first-order chi connectivity index (χ1) is 14.0. The number of benzene rings is 2. The van der Waals surface area contributed by atoms with E-state index >= 15 is 0 Å². The van der Waals surface area contributed by atoms with Gasteiger partial charge < -0.3 is 0 Å². The summed E-state index contributed by atoms with van der Waals surface area (Å²) in [7, 11) is 0. The highest BCUT2D eigenvalue weighted by Gasteiger charge is 2.15. The second kappa shape index (κ2) is 7.64. The topological polar surface area (TPSA) is 103 Å². The molecule has 0 fully saturated rings. The molecule has 144 valence electrons. The molecule has 0 unspecified atom stereocenters. The zero-order valence-electron chi connectivity index (χ0n) is 15.3. The van der Waals surface area contributed by atoms with E-state index in [2.05, 4.69) is 15.4 Å². The fraction of sp³-hybridized carbons (Fsp3) is 0.0500. The van der Waals surface area contributed by atoms with Gasteiger partial charge in [-0.25, -0.2) is 9.67 Å². The number of amides is 1. The minimum Gasteiger partial charge on any atom is -0.298 e. The first-order valence-corrected chi connectivity index (χ1v) is 9.51. The summed E-state index contributed by atoms with van der Waals surface area (Å²) >= 11 is 1.26. The van der Waals surface area contributed by atoms with Crippen LogP contribution in [0, 0.1) is 17.0 Å². The van der Waals surface area contributed by atoms with Crippen molar-refractivity contribution in [2.24, 2.45) is 0 Å². The molecule has 8 nitrogen and oxygen atoms in total. The van der Waals surface area contributed by atoms with Gasteiger partial charge in [-0.15, -0.1) is 11.3 Å². The van der Waals surface area contributed by atoms with Gasteiger partial charge in [-0.3, -0.25) is 20.2 Å². The minimum atomic E-state index is -0.416. The van der Waals surface area contributed by atoms with Crippen LogP contribution in [0.3, 0.4) is 0 Å². The van der Waals surface area contributed by atoms with E-state index in [0.717, 1.165) is 5.69 Å². The van der Waals surface area contributed by atoms with Crippen LogP contribution in [-0.2, 0) is 0 Å². The Hall–Kier alpha value is -3.85. The first-order valence-electron chi connectivity index (χ1n) is 8.63. The van der Waals surface area contributed by atoms with Crippen LogP contribution >= 0.6 is 11.3 Å². The quantitative estimate of drug-likeness (QED) is 0.390. The lowest BCUT2D eigenvalue weighted by Crippen LogP contribution is -2.11. The van der Waals surface area contributed by atoms with Crippen LogP contribution in [0.2, 0.25) is 0 Å². The number of nitro benzene ring substituents is 1. The maximum atomic E-state index is 12.5. The molecule has 1 N–H and O–H groups in total. The second-order valence-electron chi connectivity index (χ2n) is 6.25. The molecule has 2 aromatic heterocycles. The molecule has 29 heavy (non-hydrogen) atoms. The normalized spacial score (nSPS) is 10.7. The van der Waals surface area contributed by atoms with Gasteiger partial charge in [-0.05, 0) is 37.3 Å². The Balaban J connectivity index is 1.50. The van der Waals surface area contributed by atoms with Crippen molar-refractivity contribution in [3.05, 3.63) is 87.5 Å². The van der Waals surface area contributed by atoms with Crippen molar-refractivity contribution in [1.82, 2.24) is 14.8 Å². The van der Waals surface area contributed by atoms with Crippen LogP contribution in [0.4, 0.5) is 10.8 Å². The Morgan fingerprint density at radius 1 is 1.21 bits per heavy atom. The van der Waals surface area contributed by atoms with Crippen molar-refractivity contribution in [1.29, 1.82) is 0 Å². The second-order valence-corrected chi connectivity index (χ2v) is 7.11. The molecule has 4 aromatic rings. The summed E-state index contributed by atoms with van der Waals surface area (Å²) in [4.78, 5) is 27.6. The van der Waals surface area contributed by atoms with E-state index in [1.165, 1.54) is 17.4 Å². The summed E-state index contributed by atoms with van der Waals surface area (Å²) in [6.07, 6.45) is 3.50. The highest BCUT2D eigenvalue weighted by molar-refractivity contribution is 7.14. The van der Waals surface area contributed by atoms with Crippen LogP contribution in [0.25, 0.3) is 16.9 Å². The summed E-state index contributed by atoms with van der Waals surface area (Å²) in [6.45, 7) is 1.69. The van der Waals surface area contributed by atoms with Gasteiger partial charge in [-0.2, -0.15) is 5.10 Å². The SMILES string of the molecule is Cc1ccc(-c2csc(NC(=O)c3ccc(-n4cccn4)cc3)n2)cc1[N+](=O)[O-]. The molecule has 0 atom stereocenters. The molecule has 2 aromatic carbocycles. The third-order valence-electron chi connectivity index (χ3n) is 4.32. The Bertz CT molecular complexity index is 1180. The fourth-order valence-corrected chi connectivity index (χ4v) is 3.50. The number of carbonyl (C=O) groups excluding carboxylic acids is 1. The van der Waals surface area contributed by atoms with E-state index in [4.69, 9.17) is 0 Å². The van der Waals surface area contributed by atoms with Crippen molar-refractivity contribution < 1.29 is 9.72 Å². The predicted octanol–water partition coefficient (Wildman–Crippen LogP) is 4.46. The summed E-state index contributed by atoms with van der Waals surface area (Å²) in [6, 6.07) is 13.8. The largest absolute Gasteiger partial charge is 0.298 e. The molecule has 0 spiro atoms. The molecule has 0 saturated carbocycles. The van der Waals surface area contributed by atoms with E-state index < -0.39 is 4.92 Å². The molecule has 4 rings (SSSR count). The molecule has 2 heterocycles. The predicted molar refractivity (Wildman–Crippen MR) is 110 cm³/mol. The summed E-state index contributed by atoms with van der Waals surface area (Å²) < 4.78 is 1.70. The third-order valence-corrected chi connectivity index (χ3v) is 5.08. The number of thiazole rings is 1.